The van der Waals surface area contributed by atoms with Crippen LogP contribution in [0.25, 0.3) is 0 Å². The molecule has 3 rings (SSSR count). The van der Waals surface area contributed by atoms with E-state index >= 15 is 0 Å². The van der Waals surface area contributed by atoms with Crippen LogP contribution in [0.15, 0.2) is 24.3 Å². The van der Waals surface area contributed by atoms with Gasteiger partial charge in [0.05, 0.1) is 7.11 Å². The molecule has 1 N–H and O–H groups in total. The summed E-state index contributed by atoms with van der Waals surface area (Å²) in [5.74, 6) is 0.496. The van der Waals surface area contributed by atoms with Crippen LogP contribution < -0.4 is 4.74 Å². The fraction of sp³-hybridized carbons (Fsp3) is 0.611. The molecule has 2 aliphatic heterocycles. The Morgan fingerprint density at radius 1 is 1.17 bits per heavy atom. The van der Waals surface area contributed by atoms with E-state index in [1.54, 1.807) is 36.3 Å². The number of aliphatic hydroxyl groups is 1. The zero-order valence-electron chi connectivity index (χ0n) is 14.2. The second-order valence-corrected chi connectivity index (χ2v) is 6.38. The van der Waals surface area contributed by atoms with E-state index in [9.17, 15) is 9.90 Å². The number of carbonyl (C=O) groups is 1. The Labute approximate surface area is 143 Å². The minimum absolute atomic E-state index is 0.216. The van der Waals surface area contributed by atoms with Crippen LogP contribution in [0.3, 0.4) is 0 Å². The molecule has 2 aliphatic rings. The lowest BCUT2D eigenvalue weighted by molar-refractivity contribution is -0.143. The van der Waals surface area contributed by atoms with Crippen molar-refractivity contribution in [3.63, 3.8) is 0 Å². The SMILES string of the molecule is COc1ccc([C@@H](O)C(=O)N2CCN(C3CCOCC3)CC2)cc1. The molecule has 0 aliphatic carbocycles. The van der Waals surface area contributed by atoms with E-state index in [4.69, 9.17) is 9.47 Å². The van der Waals surface area contributed by atoms with Gasteiger partial charge < -0.3 is 19.5 Å². The highest BCUT2D eigenvalue weighted by atomic mass is 16.5. The van der Waals surface area contributed by atoms with Gasteiger partial charge in [0.15, 0.2) is 6.10 Å². The number of amides is 1. The van der Waals surface area contributed by atoms with Crippen molar-refractivity contribution in [2.24, 2.45) is 0 Å². The molecule has 24 heavy (non-hydrogen) atoms. The van der Waals surface area contributed by atoms with E-state index in [0.717, 1.165) is 39.1 Å². The quantitative estimate of drug-likeness (QED) is 0.892. The largest absolute Gasteiger partial charge is 0.497 e. The van der Waals surface area contributed by atoms with E-state index in [1.807, 2.05) is 0 Å². The Hall–Kier alpha value is -1.63. The third-order valence-electron chi connectivity index (χ3n) is 5.00. The van der Waals surface area contributed by atoms with Crippen molar-refractivity contribution in [2.75, 3.05) is 46.5 Å². The zero-order chi connectivity index (χ0) is 16.9. The van der Waals surface area contributed by atoms with Gasteiger partial charge in [0.2, 0.25) is 0 Å². The van der Waals surface area contributed by atoms with E-state index in [-0.39, 0.29) is 5.91 Å². The molecule has 2 heterocycles. The topological polar surface area (TPSA) is 62.2 Å². The molecule has 0 bridgehead atoms. The number of piperazine rings is 1. The van der Waals surface area contributed by atoms with Crippen LogP contribution in [0.2, 0.25) is 0 Å². The molecule has 0 aromatic heterocycles. The molecule has 6 nitrogen and oxygen atoms in total. The number of hydrogen-bond acceptors (Lipinski definition) is 5. The molecule has 1 aromatic carbocycles. The molecule has 0 radical (unpaired) electrons. The smallest absolute Gasteiger partial charge is 0.256 e. The van der Waals surface area contributed by atoms with Crippen LogP contribution >= 0.6 is 0 Å². The number of hydrogen-bond donors (Lipinski definition) is 1. The predicted molar refractivity (Wildman–Crippen MR) is 89.9 cm³/mol. The molecule has 0 spiro atoms. The van der Waals surface area contributed by atoms with Gasteiger partial charge in [-0.25, -0.2) is 0 Å². The second kappa shape index (κ2) is 7.96. The number of benzene rings is 1. The Bertz CT molecular complexity index is 534. The Morgan fingerprint density at radius 2 is 1.79 bits per heavy atom. The predicted octanol–water partition coefficient (Wildman–Crippen LogP) is 1.05. The third-order valence-corrected chi connectivity index (χ3v) is 5.00. The second-order valence-electron chi connectivity index (χ2n) is 6.38. The van der Waals surface area contributed by atoms with Crippen LogP contribution in [-0.4, -0.2) is 73.4 Å². The summed E-state index contributed by atoms with van der Waals surface area (Å²) in [6.07, 6.45) is 1.04. The summed E-state index contributed by atoms with van der Waals surface area (Å²) in [5, 5.41) is 10.4. The summed E-state index contributed by atoms with van der Waals surface area (Å²) in [6, 6.07) is 7.56. The number of methoxy groups -OCH3 is 1. The molecule has 132 valence electrons. The van der Waals surface area contributed by atoms with Gasteiger partial charge in [0.1, 0.15) is 5.75 Å². The zero-order valence-corrected chi connectivity index (χ0v) is 14.2. The van der Waals surface area contributed by atoms with Gasteiger partial charge >= 0.3 is 0 Å². The van der Waals surface area contributed by atoms with Crippen molar-refractivity contribution in [3.05, 3.63) is 29.8 Å². The summed E-state index contributed by atoms with van der Waals surface area (Å²) in [4.78, 5) is 16.8. The fourth-order valence-electron chi connectivity index (χ4n) is 3.46. The fourth-order valence-corrected chi connectivity index (χ4v) is 3.46. The molecule has 0 saturated carbocycles. The minimum Gasteiger partial charge on any atom is -0.497 e. The molecule has 2 fully saturated rings. The molecular weight excluding hydrogens is 308 g/mol. The van der Waals surface area contributed by atoms with Crippen LogP contribution in [0, 0.1) is 0 Å². The first-order valence-corrected chi connectivity index (χ1v) is 8.61. The van der Waals surface area contributed by atoms with Gasteiger partial charge in [0.25, 0.3) is 5.91 Å². The first kappa shape index (κ1) is 17.2. The number of ether oxygens (including phenoxy) is 2. The van der Waals surface area contributed by atoms with Gasteiger partial charge in [-0.3, -0.25) is 9.69 Å². The normalized spacial score (nSPS) is 21.5. The summed E-state index contributed by atoms with van der Waals surface area (Å²) in [5.41, 5.74) is 0.604. The van der Waals surface area contributed by atoms with Gasteiger partial charge in [0, 0.05) is 45.4 Å². The lowest BCUT2D eigenvalue weighted by atomic mass is 10.1. The highest BCUT2D eigenvalue weighted by molar-refractivity contribution is 5.82. The highest BCUT2D eigenvalue weighted by Gasteiger charge is 2.30. The Morgan fingerprint density at radius 3 is 2.38 bits per heavy atom. The van der Waals surface area contributed by atoms with Gasteiger partial charge in [-0.15, -0.1) is 0 Å². The molecule has 0 unspecified atom stereocenters. The molecule has 1 aromatic rings. The lowest BCUT2D eigenvalue weighted by Gasteiger charge is -2.41. The summed E-state index contributed by atoms with van der Waals surface area (Å²) < 4.78 is 10.5. The average molecular weight is 334 g/mol. The van der Waals surface area contributed by atoms with Crippen LogP contribution in [0.1, 0.15) is 24.5 Å². The van der Waals surface area contributed by atoms with Crippen molar-refractivity contribution in [1.29, 1.82) is 0 Å². The maximum absolute atomic E-state index is 12.5. The number of carbonyl (C=O) groups excluding carboxylic acids is 1. The maximum atomic E-state index is 12.5. The van der Waals surface area contributed by atoms with Gasteiger partial charge in [-0.2, -0.15) is 0 Å². The highest BCUT2D eigenvalue weighted by Crippen LogP contribution is 2.21. The van der Waals surface area contributed by atoms with E-state index in [2.05, 4.69) is 4.90 Å². The Balaban J connectivity index is 1.53. The van der Waals surface area contributed by atoms with Crippen LogP contribution in [-0.2, 0) is 9.53 Å². The van der Waals surface area contributed by atoms with Gasteiger partial charge in [-0.05, 0) is 30.5 Å². The van der Waals surface area contributed by atoms with E-state index < -0.39 is 6.10 Å². The van der Waals surface area contributed by atoms with Crippen LogP contribution in [0.4, 0.5) is 0 Å². The summed E-state index contributed by atoms with van der Waals surface area (Å²) in [6.45, 7) is 4.74. The van der Waals surface area contributed by atoms with Gasteiger partial charge in [-0.1, -0.05) is 12.1 Å². The first-order valence-electron chi connectivity index (χ1n) is 8.61. The first-order chi connectivity index (χ1) is 11.7. The molecule has 1 atom stereocenters. The third kappa shape index (κ3) is 3.88. The number of aliphatic hydroxyl groups excluding tert-OH is 1. The molecule has 1 amide bonds. The molecule has 6 heteroatoms. The molecular formula is C18H26N2O4. The number of nitrogens with zero attached hydrogens (tertiary/aromatic N) is 2. The molecule has 2 saturated heterocycles. The lowest BCUT2D eigenvalue weighted by Crippen LogP contribution is -2.53. The summed E-state index contributed by atoms with van der Waals surface area (Å²) in [7, 11) is 1.59. The maximum Gasteiger partial charge on any atom is 0.256 e. The van der Waals surface area contributed by atoms with Crippen molar-refractivity contribution in [3.8, 4) is 5.75 Å². The summed E-state index contributed by atoms with van der Waals surface area (Å²) >= 11 is 0. The van der Waals surface area contributed by atoms with E-state index in [1.165, 1.54) is 0 Å². The Kier molecular flexibility index (Phi) is 5.71. The van der Waals surface area contributed by atoms with Crippen molar-refractivity contribution >= 4 is 5.91 Å². The van der Waals surface area contributed by atoms with Crippen molar-refractivity contribution < 1.29 is 19.4 Å². The van der Waals surface area contributed by atoms with E-state index in [0.29, 0.717) is 30.4 Å². The van der Waals surface area contributed by atoms with Crippen molar-refractivity contribution in [1.82, 2.24) is 9.80 Å². The standard InChI is InChI=1S/C18H26N2O4/c1-23-16-4-2-14(3-5-16)17(21)18(22)20-10-8-19(9-11-20)15-6-12-24-13-7-15/h2-5,15,17,21H,6-13H2,1H3/t17-/m1/s1. The number of rotatable bonds is 4. The van der Waals surface area contributed by atoms with Crippen LogP contribution in [0.5, 0.6) is 5.75 Å². The average Bonchev–Trinajstić information content (AvgIpc) is 2.68. The van der Waals surface area contributed by atoms with Crippen molar-refractivity contribution in [2.45, 2.75) is 25.0 Å². The monoisotopic (exact) mass is 334 g/mol. The minimum atomic E-state index is -1.11.